The third kappa shape index (κ3) is 3.42. The van der Waals surface area contributed by atoms with Crippen LogP contribution >= 0.6 is 22.7 Å². The second-order valence-electron chi connectivity index (χ2n) is 6.43. The highest BCUT2D eigenvalue weighted by atomic mass is 32.1. The van der Waals surface area contributed by atoms with Crippen LogP contribution in [0.15, 0.2) is 60.7 Å². The van der Waals surface area contributed by atoms with Crippen molar-refractivity contribution in [2.45, 2.75) is 33.1 Å². The number of fused-ring (bicyclic) bond motifs is 1. The molecule has 0 aliphatic rings. The molecule has 0 unspecified atom stereocenters. The van der Waals surface area contributed by atoms with Gasteiger partial charge in [0.25, 0.3) is 0 Å². The first-order valence-corrected chi connectivity index (χ1v) is 10.6. The molecule has 0 bridgehead atoms. The van der Waals surface area contributed by atoms with Gasteiger partial charge >= 0.3 is 0 Å². The average Bonchev–Trinajstić information content (AvgIpc) is 3.21. The van der Waals surface area contributed by atoms with Crippen LogP contribution in [-0.2, 0) is 12.8 Å². The van der Waals surface area contributed by atoms with E-state index in [1.807, 2.05) is 22.7 Å². The molecular formula is C23H22S2. The average molecular weight is 363 g/mol. The van der Waals surface area contributed by atoms with Gasteiger partial charge in [-0.25, -0.2) is 0 Å². The van der Waals surface area contributed by atoms with E-state index >= 15 is 0 Å². The predicted molar refractivity (Wildman–Crippen MR) is 114 cm³/mol. The van der Waals surface area contributed by atoms with Gasteiger partial charge in [-0.1, -0.05) is 68.8 Å². The Morgan fingerprint density at radius 1 is 0.680 bits per heavy atom. The first kappa shape index (κ1) is 16.6. The molecule has 2 aromatic heterocycles. The third-order valence-corrected chi connectivity index (χ3v) is 7.02. The summed E-state index contributed by atoms with van der Waals surface area (Å²) in [7, 11) is 0. The van der Waals surface area contributed by atoms with Crippen LogP contribution in [0.25, 0.3) is 31.0 Å². The van der Waals surface area contributed by atoms with Crippen molar-refractivity contribution >= 4 is 32.1 Å². The predicted octanol–water partition coefficient (Wildman–Crippen LogP) is 7.81. The first-order chi connectivity index (χ1) is 12.3. The number of benzene rings is 2. The van der Waals surface area contributed by atoms with E-state index in [9.17, 15) is 0 Å². The number of hydrogen-bond acceptors (Lipinski definition) is 2. The molecule has 0 N–H and O–H groups in total. The van der Waals surface area contributed by atoms with Crippen LogP contribution in [0.5, 0.6) is 0 Å². The van der Waals surface area contributed by atoms with Crippen molar-refractivity contribution in [3.8, 4) is 21.6 Å². The molecule has 0 radical (unpaired) electrons. The number of thiophene rings is 2. The molecule has 0 saturated heterocycles. The SMILES string of the molecule is CCCc1cc2sc(-c3ccc(-c4ccc(CC)cc4)cc3)cc2s1. The highest BCUT2D eigenvalue weighted by molar-refractivity contribution is 7.29. The Labute approximate surface area is 157 Å². The fraction of sp³-hybridized carbons (Fsp3) is 0.217. The molecule has 4 aromatic rings. The van der Waals surface area contributed by atoms with Crippen LogP contribution in [-0.4, -0.2) is 0 Å². The van der Waals surface area contributed by atoms with E-state index in [1.54, 1.807) is 0 Å². The molecule has 2 heteroatoms. The minimum Gasteiger partial charge on any atom is -0.139 e. The lowest BCUT2D eigenvalue weighted by molar-refractivity contribution is 0.941. The van der Waals surface area contributed by atoms with E-state index < -0.39 is 0 Å². The van der Waals surface area contributed by atoms with Crippen LogP contribution in [0.4, 0.5) is 0 Å². The van der Waals surface area contributed by atoms with Gasteiger partial charge in [0.15, 0.2) is 0 Å². The quantitative estimate of drug-likeness (QED) is 0.339. The lowest BCUT2D eigenvalue weighted by Gasteiger charge is -2.04. The molecule has 4 rings (SSSR count). The number of aryl methyl sites for hydroxylation is 2. The molecular weight excluding hydrogens is 340 g/mol. The molecule has 0 amide bonds. The summed E-state index contributed by atoms with van der Waals surface area (Å²) in [5, 5.41) is 0. The van der Waals surface area contributed by atoms with Gasteiger partial charge in [0.05, 0.1) is 0 Å². The number of rotatable bonds is 5. The van der Waals surface area contributed by atoms with Crippen molar-refractivity contribution < 1.29 is 0 Å². The van der Waals surface area contributed by atoms with Gasteiger partial charge in [0.2, 0.25) is 0 Å². The minimum absolute atomic E-state index is 1.09. The Morgan fingerprint density at radius 3 is 1.88 bits per heavy atom. The molecule has 2 heterocycles. The smallest absolute Gasteiger partial charge is 0.0460 e. The second-order valence-corrected chi connectivity index (χ2v) is 8.68. The zero-order chi connectivity index (χ0) is 17.2. The van der Waals surface area contributed by atoms with E-state index in [2.05, 4.69) is 74.5 Å². The molecule has 0 atom stereocenters. The Morgan fingerprint density at radius 2 is 1.28 bits per heavy atom. The van der Waals surface area contributed by atoms with E-state index in [0.29, 0.717) is 0 Å². The zero-order valence-corrected chi connectivity index (χ0v) is 16.3. The maximum Gasteiger partial charge on any atom is 0.0460 e. The summed E-state index contributed by atoms with van der Waals surface area (Å²) in [4.78, 5) is 2.89. The molecule has 0 aliphatic heterocycles. The summed E-state index contributed by atoms with van der Waals surface area (Å²) in [5.74, 6) is 0. The standard InChI is InChI=1S/C23H22S2/c1-3-5-20-14-22-23(24-20)15-21(25-22)19-12-10-18(11-13-19)17-8-6-16(4-2)7-9-17/h6-15H,3-5H2,1-2H3. The van der Waals surface area contributed by atoms with E-state index in [-0.39, 0.29) is 0 Å². The molecule has 0 saturated carbocycles. The van der Waals surface area contributed by atoms with Crippen molar-refractivity contribution in [2.24, 2.45) is 0 Å². The van der Waals surface area contributed by atoms with Crippen LogP contribution in [0.1, 0.15) is 30.7 Å². The van der Waals surface area contributed by atoms with Gasteiger partial charge in [-0.15, -0.1) is 22.7 Å². The van der Waals surface area contributed by atoms with Crippen molar-refractivity contribution in [3.63, 3.8) is 0 Å². The third-order valence-electron chi connectivity index (χ3n) is 4.62. The highest BCUT2D eigenvalue weighted by Crippen LogP contribution is 2.39. The second kappa shape index (κ2) is 7.15. The normalized spacial score (nSPS) is 11.3. The fourth-order valence-corrected chi connectivity index (χ4v) is 5.69. The van der Waals surface area contributed by atoms with Crippen LogP contribution in [0.2, 0.25) is 0 Å². The largest absolute Gasteiger partial charge is 0.139 e. The maximum atomic E-state index is 2.38. The van der Waals surface area contributed by atoms with Crippen molar-refractivity contribution in [3.05, 3.63) is 71.1 Å². The summed E-state index contributed by atoms with van der Waals surface area (Å²) in [6, 6.07) is 22.6. The van der Waals surface area contributed by atoms with Gasteiger partial charge in [0.1, 0.15) is 0 Å². The van der Waals surface area contributed by atoms with Gasteiger partial charge in [-0.05, 0) is 47.2 Å². The molecule has 0 fully saturated rings. The van der Waals surface area contributed by atoms with E-state index in [1.165, 1.54) is 54.2 Å². The van der Waals surface area contributed by atoms with Crippen molar-refractivity contribution in [2.75, 3.05) is 0 Å². The Kier molecular flexibility index (Phi) is 4.74. The van der Waals surface area contributed by atoms with Crippen LogP contribution < -0.4 is 0 Å². The Hall–Kier alpha value is -1.90. The maximum absolute atomic E-state index is 2.38. The number of hydrogen-bond donors (Lipinski definition) is 0. The molecule has 0 aliphatic carbocycles. The Bertz CT molecular complexity index is 938. The lowest BCUT2D eigenvalue weighted by atomic mass is 10.0. The minimum atomic E-state index is 1.09. The van der Waals surface area contributed by atoms with Gasteiger partial charge in [-0.3, -0.25) is 0 Å². The monoisotopic (exact) mass is 362 g/mol. The molecule has 126 valence electrons. The van der Waals surface area contributed by atoms with Gasteiger partial charge < -0.3 is 0 Å². The zero-order valence-electron chi connectivity index (χ0n) is 14.7. The molecule has 0 nitrogen and oxygen atoms in total. The molecule has 25 heavy (non-hydrogen) atoms. The van der Waals surface area contributed by atoms with Crippen LogP contribution in [0.3, 0.4) is 0 Å². The Balaban J connectivity index is 1.59. The van der Waals surface area contributed by atoms with Crippen molar-refractivity contribution in [1.82, 2.24) is 0 Å². The first-order valence-electron chi connectivity index (χ1n) is 8.99. The molecule has 0 spiro atoms. The summed E-state index contributed by atoms with van der Waals surface area (Å²) < 4.78 is 2.87. The van der Waals surface area contributed by atoms with Gasteiger partial charge in [0, 0.05) is 19.2 Å². The lowest BCUT2D eigenvalue weighted by Crippen LogP contribution is -1.81. The summed E-state index contributed by atoms with van der Waals surface area (Å²) in [6.07, 6.45) is 3.52. The fourth-order valence-electron chi connectivity index (χ4n) is 3.16. The van der Waals surface area contributed by atoms with Gasteiger partial charge in [-0.2, -0.15) is 0 Å². The van der Waals surface area contributed by atoms with E-state index in [0.717, 1.165) is 6.42 Å². The summed E-state index contributed by atoms with van der Waals surface area (Å²) in [6.45, 7) is 4.44. The highest BCUT2D eigenvalue weighted by Gasteiger charge is 2.08. The van der Waals surface area contributed by atoms with Crippen molar-refractivity contribution in [1.29, 1.82) is 0 Å². The summed E-state index contributed by atoms with van der Waals surface area (Å²) >= 11 is 3.87. The summed E-state index contributed by atoms with van der Waals surface area (Å²) in [5.41, 5.74) is 5.29. The topological polar surface area (TPSA) is 0 Å². The molecule has 2 aromatic carbocycles. The van der Waals surface area contributed by atoms with E-state index in [4.69, 9.17) is 0 Å². The van der Waals surface area contributed by atoms with Crippen LogP contribution in [0, 0.1) is 0 Å².